The highest BCUT2D eigenvalue weighted by Gasteiger charge is 2.29. The van der Waals surface area contributed by atoms with Gasteiger partial charge in [-0.1, -0.05) is 20.8 Å². The molecule has 136 valence electrons. The molecule has 1 amide bonds. The van der Waals surface area contributed by atoms with Crippen molar-refractivity contribution in [3.8, 4) is 0 Å². The molecule has 2 atom stereocenters. The summed E-state index contributed by atoms with van der Waals surface area (Å²) in [6.45, 7) is 10.1. The van der Waals surface area contributed by atoms with E-state index in [2.05, 4.69) is 31.0 Å². The van der Waals surface area contributed by atoms with Crippen LogP contribution in [0, 0.1) is 17.8 Å². The van der Waals surface area contributed by atoms with E-state index in [1.54, 1.807) is 0 Å². The number of rotatable bonds is 6. The normalized spacial score (nSPS) is 24.3. The van der Waals surface area contributed by atoms with Crippen molar-refractivity contribution >= 4 is 18.3 Å². The average Bonchev–Trinajstić information content (AvgIpc) is 2.54. The predicted octanol–water partition coefficient (Wildman–Crippen LogP) is 4.25. The van der Waals surface area contributed by atoms with Crippen LogP contribution in [0.2, 0.25) is 0 Å². The Morgan fingerprint density at radius 1 is 1.13 bits per heavy atom. The van der Waals surface area contributed by atoms with E-state index in [-0.39, 0.29) is 12.4 Å². The number of hydrogen-bond donors (Lipinski definition) is 1. The predicted molar refractivity (Wildman–Crippen MR) is 100 cm³/mol. The van der Waals surface area contributed by atoms with Crippen molar-refractivity contribution < 1.29 is 4.79 Å². The summed E-state index contributed by atoms with van der Waals surface area (Å²) in [7, 11) is 0. The minimum Gasteiger partial charge on any atom is -0.340 e. The van der Waals surface area contributed by atoms with Gasteiger partial charge in [-0.15, -0.1) is 12.4 Å². The smallest absolute Gasteiger partial charge is 0.223 e. The Hall–Kier alpha value is -0.280. The first-order valence-electron chi connectivity index (χ1n) is 9.58. The zero-order valence-electron chi connectivity index (χ0n) is 15.4. The lowest BCUT2D eigenvalue weighted by Crippen LogP contribution is -2.45. The van der Waals surface area contributed by atoms with Crippen molar-refractivity contribution in [2.75, 3.05) is 19.6 Å². The van der Waals surface area contributed by atoms with Crippen molar-refractivity contribution in [3.05, 3.63) is 0 Å². The Kier molecular flexibility index (Phi) is 9.53. The third-order valence-electron chi connectivity index (χ3n) is 5.71. The van der Waals surface area contributed by atoms with Gasteiger partial charge in [0.1, 0.15) is 0 Å². The van der Waals surface area contributed by atoms with Crippen LogP contribution in [0.25, 0.3) is 0 Å². The highest BCUT2D eigenvalue weighted by atomic mass is 35.5. The molecule has 3 nitrogen and oxygen atoms in total. The minimum absolute atomic E-state index is 0. The van der Waals surface area contributed by atoms with E-state index in [0.717, 1.165) is 37.9 Å². The average molecular weight is 345 g/mol. The van der Waals surface area contributed by atoms with Crippen LogP contribution in [0.5, 0.6) is 0 Å². The van der Waals surface area contributed by atoms with Gasteiger partial charge in [0.15, 0.2) is 0 Å². The van der Waals surface area contributed by atoms with Gasteiger partial charge < -0.3 is 10.2 Å². The maximum atomic E-state index is 12.8. The van der Waals surface area contributed by atoms with Crippen LogP contribution >= 0.6 is 12.4 Å². The second-order valence-corrected chi connectivity index (χ2v) is 7.98. The summed E-state index contributed by atoms with van der Waals surface area (Å²) in [5.41, 5.74) is 0. The van der Waals surface area contributed by atoms with Gasteiger partial charge in [-0.25, -0.2) is 0 Å². The van der Waals surface area contributed by atoms with Gasteiger partial charge in [-0.3, -0.25) is 4.79 Å². The third kappa shape index (κ3) is 6.62. The van der Waals surface area contributed by atoms with Crippen LogP contribution in [0.4, 0.5) is 0 Å². The lowest BCUT2D eigenvalue weighted by atomic mass is 9.83. The molecule has 0 radical (unpaired) electrons. The number of piperidine rings is 2. The Morgan fingerprint density at radius 2 is 1.83 bits per heavy atom. The highest BCUT2D eigenvalue weighted by molar-refractivity contribution is 5.85. The first kappa shape index (κ1) is 20.8. The quantitative estimate of drug-likeness (QED) is 0.781. The lowest BCUT2D eigenvalue weighted by Gasteiger charge is -2.38. The Balaban J connectivity index is 0.00000264. The lowest BCUT2D eigenvalue weighted by molar-refractivity contribution is -0.136. The van der Waals surface area contributed by atoms with Crippen molar-refractivity contribution in [3.63, 3.8) is 0 Å². The largest absolute Gasteiger partial charge is 0.340 e. The van der Waals surface area contributed by atoms with Crippen LogP contribution in [0.1, 0.15) is 72.1 Å². The Morgan fingerprint density at radius 3 is 2.48 bits per heavy atom. The molecular weight excluding hydrogens is 308 g/mol. The number of nitrogens with one attached hydrogen (secondary N) is 1. The third-order valence-corrected chi connectivity index (χ3v) is 5.71. The summed E-state index contributed by atoms with van der Waals surface area (Å²) >= 11 is 0. The molecule has 0 bridgehead atoms. The molecule has 2 rings (SSSR count). The van der Waals surface area contributed by atoms with E-state index in [1.165, 1.54) is 44.9 Å². The minimum atomic E-state index is 0. The van der Waals surface area contributed by atoms with Crippen molar-refractivity contribution in [1.82, 2.24) is 10.2 Å². The second kappa shape index (κ2) is 10.6. The van der Waals surface area contributed by atoms with Gasteiger partial charge in [-0.2, -0.15) is 0 Å². The maximum absolute atomic E-state index is 12.8. The molecule has 2 saturated heterocycles. The maximum Gasteiger partial charge on any atom is 0.223 e. The molecule has 4 heteroatoms. The van der Waals surface area contributed by atoms with Crippen LogP contribution < -0.4 is 5.32 Å². The van der Waals surface area contributed by atoms with Gasteiger partial charge in [0.25, 0.3) is 0 Å². The number of carbonyl (C=O) groups excluding carboxylic acids is 1. The second-order valence-electron chi connectivity index (χ2n) is 7.98. The van der Waals surface area contributed by atoms with E-state index < -0.39 is 0 Å². The molecular formula is C19H37ClN2O. The SMILES string of the molecule is CC(C)CCC1CCCCN1C(=O)CC(C)C1CCNCC1.Cl. The Labute approximate surface area is 149 Å². The number of amides is 1. The molecule has 1 N–H and O–H groups in total. The monoisotopic (exact) mass is 344 g/mol. The summed E-state index contributed by atoms with van der Waals surface area (Å²) < 4.78 is 0. The van der Waals surface area contributed by atoms with Gasteiger partial charge in [-0.05, 0) is 75.8 Å². The summed E-state index contributed by atoms with van der Waals surface area (Å²) in [6.07, 6.45) is 9.42. The van der Waals surface area contributed by atoms with Crippen molar-refractivity contribution in [2.45, 2.75) is 78.2 Å². The first-order chi connectivity index (χ1) is 10.6. The van der Waals surface area contributed by atoms with E-state index >= 15 is 0 Å². The number of nitrogens with zero attached hydrogens (tertiary/aromatic N) is 1. The first-order valence-corrected chi connectivity index (χ1v) is 9.58. The molecule has 2 fully saturated rings. The zero-order chi connectivity index (χ0) is 15.9. The molecule has 23 heavy (non-hydrogen) atoms. The molecule has 0 aliphatic carbocycles. The fourth-order valence-corrected chi connectivity index (χ4v) is 4.13. The van der Waals surface area contributed by atoms with Gasteiger partial charge in [0.05, 0.1) is 0 Å². The summed E-state index contributed by atoms with van der Waals surface area (Å²) in [4.78, 5) is 15.1. The topological polar surface area (TPSA) is 32.3 Å². The van der Waals surface area contributed by atoms with Gasteiger partial charge in [0, 0.05) is 19.0 Å². The number of carbonyl (C=O) groups is 1. The van der Waals surface area contributed by atoms with E-state index in [4.69, 9.17) is 0 Å². The molecule has 2 aliphatic rings. The zero-order valence-corrected chi connectivity index (χ0v) is 16.2. The van der Waals surface area contributed by atoms with Gasteiger partial charge >= 0.3 is 0 Å². The molecule has 0 aromatic rings. The molecule has 0 saturated carbocycles. The molecule has 2 aliphatic heterocycles. The van der Waals surface area contributed by atoms with E-state index in [9.17, 15) is 4.79 Å². The standard InChI is InChI=1S/C19H36N2O.ClH/c1-15(2)7-8-18-6-4-5-13-21(18)19(22)14-16(3)17-9-11-20-12-10-17;/h15-18,20H,4-14H2,1-3H3;1H. The van der Waals surface area contributed by atoms with Crippen LogP contribution in [0.15, 0.2) is 0 Å². The van der Waals surface area contributed by atoms with Crippen LogP contribution in [0.3, 0.4) is 0 Å². The Bertz CT molecular complexity index is 342. The van der Waals surface area contributed by atoms with Crippen molar-refractivity contribution in [2.24, 2.45) is 17.8 Å². The van der Waals surface area contributed by atoms with E-state index in [0.29, 0.717) is 17.9 Å². The molecule has 2 unspecified atom stereocenters. The summed E-state index contributed by atoms with van der Waals surface area (Å²) in [5, 5.41) is 3.43. The highest BCUT2D eigenvalue weighted by Crippen LogP contribution is 2.28. The molecule has 0 aromatic heterocycles. The van der Waals surface area contributed by atoms with Crippen LogP contribution in [-0.4, -0.2) is 36.5 Å². The number of likely N-dealkylation sites (tertiary alicyclic amines) is 1. The molecule has 0 aromatic carbocycles. The molecule has 2 heterocycles. The fourth-order valence-electron chi connectivity index (χ4n) is 4.13. The van der Waals surface area contributed by atoms with Crippen LogP contribution in [-0.2, 0) is 4.79 Å². The summed E-state index contributed by atoms with van der Waals surface area (Å²) in [5.74, 6) is 2.46. The fraction of sp³-hybridized carbons (Fsp3) is 0.947. The van der Waals surface area contributed by atoms with Crippen molar-refractivity contribution in [1.29, 1.82) is 0 Å². The molecule has 0 spiro atoms. The number of halogens is 1. The van der Waals surface area contributed by atoms with Gasteiger partial charge in [0.2, 0.25) is 5.91 Å². The van der Waals surface area contributed by atoms with E-state index in [1.807, 2.05) is 0 Å². The summed E-state index contributed by atoms with van der Waals surface area (Å²) in [6, 6.07) is 0.517. The number of hydrogen-bond acceptors (Lipinski definition) is 2.